The molecule has 0 aliphatic heterocycles. The standard InChI is InChI=1S/C9H9ClF3N.ClH/c1-5-4-6(2-3-7(5)10)8(14)9(11,12)13;/h2-4,8H,14H2,1H3;1H/t8-;/m0./s1. The van der Waals surface area contributed by atoms with Gasteiger partial charge in [0, 0.05) is 5.02 Å². The Morgan fingerprint density at radius 1 is 1.33 bits per heavy atom. The van der Waals surface area contributed by atoms with Gasteiger partial charge in [-0.1, -0.05) is 23.7 Å². The lowest BCUT2D eigenvalue weighted by Gasteiger charge is -2.16. The topological polar surface area (TPSA) is 26.0 Å². The van der Waals surface area contributed by atoms with Crippen LogP contribution in [0.1, 0.15) is 17.2 Å². The van der Waals surface area contributed by atoms with Crippen LogP contribution in [0.2, 0.25) is 5.02 Å². The number of nitrogens with two attached hydrogens (primary N) is 1. The zero-order chi connectivity index (χ0) is 10.9. The van der Waals surface area contributed by atoms with Crippen LogP contribution in [-0.4, -0.2) is 6.18 Å². The van der Waals surface area contributed by atoms with Gasteiger partial charge in [-0.3, -0.25) is 0 Å². The number of halogens is 5. The van der Waals surface area contributed by atoms with Crippen molar-refractivity contribution in [2.24, 2.45) is 5.73 Å². The number of hydrogen-bond donors (Lipinski definition) is 1. The summed E-state index contributed by atoms with van der Waals surface area (Å²) in [6, 6.07) is 2.10. The maximum absolute atomic E-state index is 12.2. The molecule has 0 aliphatic carbocycles. The molecular formula is C9H10Cl2F3N. The van der Waals surface area contributed by atoms with Crippen molar-refractivity contribution in [3.8, 4) is 0 Å². The van der Waals surface area contributed by atoms with E-state index in [0.29, 0.717) is 10.6 Å². The maximum atomic E-state index is 12.2. The van der Waals surface area contributed by atoms with Crippen LogP contribution in [0.5, 0.6) is 0 Å². The minimum Gasteiger partial charge on any atom is -0.316 e. The Bertz CT molecular complexity index is 339. The fraction of sp³-hybridized carbons (Fsp3) is 0.333. The molecule has 86 valence electrons. The first-order chi connectivity index (χ1) is 6.32. The fourth-order valence-electron chi connectivity index (χ4n) is 1.05. The van der Waals surface area contributed by atoms with Crippen LogP contribution in [0.15, 0.2) is 18.2 Å². The zero-order valence-electron chi connectivity index (χ0n) is 7.81. The lowest BCUT2D eigenvalue weighted by molar-refractivity contribution is -0.149. The zero-order valence-corrected chi connectivity index (χ0v) is 9.38. The molecule has 0 saturated carbocycles. The second kappa shape index (κ2) is 5.05. The first-order valence-electron chi connectivity index (χ1n) is 3.90. The molecule has 0 heterocycles. The van der Waals surface area contributed by atoms with Crippen molar-refractivity contribution in [1.29, 1.82) is 0 Å². The Balaban J connectivity index is 0.00000196. The third-order valence-corrected chi connectivity index (χ3v) is 2.32. The molecule has 0 radical (unpaired) electrons. The molecule has 0 bridgehead atoms. The van der Waals surface area contributed by atoms with E-state index in [9.17, 15) is 13.2 Å². The molecule has 1 atom stereocenters. The van der Waals surface area contributed by atoms with E-state index in [2.05, 4.69) is 0 Å². The lowest BCUT2D eigenvalue weighted by atomic mass is 10.1. The summed E-state index contributed by atoms with van der Waals surface area (Å²) in [5, 5.41) is 0.433. The van der Waals surface area contributed by atoms with Gasteiger partial charge in [0.25, 0.3) is 0 Å². The Morgan fingerprint density at radius 2 is 1.87 bits per heavy atom. The highest BCUT2D eigenvalue weighted by molar-refractivity contribution is 6.31. The van der Waals surface area contributed by atoms with Crippen molar-refractivity contribution >= 4 is 24.0 Å². The smallest absolute Gasteiger partial charge is 0.316 e. The van der Waals surface area contributed by atoms with E-state index in [0.717, 1.165) is 0 Å². The fourth-order valence-corrected chi connectivity index (χ4v) is 1.17. The van der Waals surface area contributed by atoms with Gasteiger partial charge in [-0.2, -0.15) is 13.2 Å². The Morgan fingerprint density at radius 3 is 2.27 bits per heavy atom. The van der Waals surface area contributed by atoms with E-state index < -0.39 is 12.2 Å². The molecular weight excluding hydrogens is 250 g/mol. The van der Waals surface area contributed by atoms with Crippen molar-refractivity contribution < 1.29 is 13.2 Å². The summed E-state index contributed by atoms with van der Waals surface area (Å²) in [5.74, 6) is 0. The average molecular weight is 260 g/mol. The Hall–Kier alpha value is -0.450. The average Bonchev–Trinajstić information content (AvgIpc) is 2.07. The lowest BCUT2D eigenvalue weighted by Crippen LogP contribution is -2.28. The second-order valence-electron chi connectivity index (χ2n) is 3.03. The molecule has 15 heavy (non-hydrogen) atoms. The highest BCUT2D eigenvalue weighted by Crippen LogP contribution is 2.31. The number of aryl methyl sites for hydroxylation is 1. The van der Waals surface area contributed by atoms with E-state index in [1.165, 1.54) is 18.2 Å². The van der Waals surface area contributed by atoms with Crippen molar-refractivity contribution in [2.75, 3.05) is 0 Å². The van der Waals surface area contributed by atoms with E-state index in [4.69, 9.17) is 17.3 Å². The quantitative estimate of drug-likeness (QED) is 0.819. The number of hydrogen-bond acceptors (Lipinski definition) is 1. The molecule has 1 rings (SSSR count). The molecule has 0 unspecified atom stereocenters. The minimum absolute atomic E-state index is 0. The number of benzene rings is 1. The maximum Gasteiger partial charge on any atom is 0.407 e. The van der Waals surface area contributed by atoms with Crippen LogP contribution >= 0.6 is 24.0 Å². The van der Waals surface area contributed by atoms with Gasteiger partial charge in [0.1, 0.15) is 6.04 Å². The van der Waals surface area contributed by atoms with Crippen molar-refractivity contribution in [1.82, 2.24) is 0 Å². The van der Waals surface area contributed by atoms with Crippen molar-refractivity contribution in [2.45, 2.75) is 19.1 Å². The normalized spacial score (nSPS) is 13.2. The molecule has 0 aliphatic rings. The molecule has 6 heteroatoms. The van der Waals surface area contributed by atoms with Crippen LogP contribution in [0, 0.1) is 6.92 Å². The van der Waals surface area contributed by atoms with Gasteiger partial charge in [0.15, 0.2) is 0 Å². The van der Waals surface area contributed by atoms with Gasteiger partial charge in [-0.05, 0) is 24.1 Å². The summed E-state index contributed by atoms with van der Waals surface area (Å²) in [7, 11) is 0. The van der Waals surface area contributed by atoms with Crippen LogP contribution in [-0.2, 0) is 0 Å². The van der Waals surface area contributed by atoms with Gasteiger partial charge in [-0.25, -0.2) is 0 Å². The first kappa shape index (κ1) is 14.5. The third-order valence-electron chi connectivity index (χ3n) is 1.89. The number of alkyl halides is 3. The largest absolute Gasteiger partial charge is 0.407 e. The van der Waals surface area contributed by atoms with Crippen LogP contribution in [0.4, 0.5) is 13.2 Å². The predicted molar refractivity (Wildman–Crippen MR) is 56.4 cm³/mol. The number of rotatable bonds is 1. The highest BCUT2D eigenvalue weighted by atomic mass is 35.5. The summed E-state index contributed by atoms with van der Waals surface area (Å²) in [4.78, 5) is 0. The monoisotopic (exact) mass is 259 g/mol. The van der Waals surface area contributed by atoms with Crippen molar-refractivity contribution in [3.05, 3.63) is 34.3 Å². The summed E-state index contributed by atoms with van der Waals surface area (Å²) in [6.07, 6.45) is -4.42. The molecule has 1 aromatic carbocycles. The van der Waals surface area contributed by atoms with Gasteiger partial charge in [0.05, 0.1) is 0 Å². The van der Waals surface area contributed by atoms with Gasteiger partial charge < -0.3 is 5.73 Å². The summed E-state index contributed by atoms with van der Waals surface area (Å²) >= 11 is 5.68. The SMILES string of the molecule is Cc1cc([C@H](N)C(F)(F)F)ccc1Cl.Cl. The van der Waals surface area contributed by atoms with E-state index in [1.807, 2.05) is 0 Å². The van der Waals surface area contributed by atoms with E-state index >= 15 is 0 Å². The molecule has 0 fully saturated rings. The van der Waals surface area contributed by atoms with Crippen LogP contribution < -0.4 is 5.73 Å². The second-order valence-corrected chi connectivity index (χ2v) is 3.44. The molecule has 0 spiro atoms. The van der Waals surface area contributed by atoms with Crippen LogP contribution in [0.25, 0.3) is 0 Å². The van der Waals surface area contributed by atoms with E-state index in [1.54, 1.807) is 6.92 Å². The van der Waals surface area contributed by atoms with Crippen LogP contribution in [0.3, 0.4) is 0 Å². The summed E-state index contributed by atoms with van der Waals surface area (Å²) in [6.45, 7) is 1.63. The minimum atomic E-state index is -4.42. The highest BCUT2D eigenvalue weighted by Gasteiger charge is 2.37. The Kier molecular flexibility index (Phi) is 4.90. The third kappa shape index (κ3) is 3.55. The molecule has 0 amide bonds. The summed E-state index contributed by atoms with van der Waals surface area (Å²) < 4.78 is 36.6. The molecule has 1 nitrogen and oxygen atoms in total. The van der Waals surface area contributed by atoms with Gasteiger partial charge in [0.2, 0.25) is 0 Å². The summed E-state index contributed by atoms with van der Waals surface area (Å²) in [5.41, 5.74) is 5.64. The molecule has 0 aromatic heterocycles. The first-order valence-corrected chi connectivity index (χ1v) is 4.28. The Labute approximate surface area is 96.8 Å². The predicted octanol–water partition coefficient (Wildman–Crippen LogP) is 3.63. The molecule has 2 N–H and O–H groups in total. The van der Waals surface area contributed by atoms with Gasteiger partial charge in [-0.15, -0.1) is 12.4 Å². The van der Waals surface area contributed by atoms with E-state index in [-0.39, 0.29) is 18.0 Å². The molecule has 0 saturated heterocycles. The van der Waals surface area contributed by atoms with Crippen molar-refractivity contribution in [3.63, 3.8) is 0 Å². The van der Waals surface area contributed by atoms with Gasteiger partial charge >= 0.3 is 6.18 Å². The molecule has 1 aromatic rings.